The zero-order valence-corrected chi connectivity index (χ0v) is 29.6. The Bertz CT molecular complexity index is 2420. The highest BCUT2D eigenvalue weighted by molar-refractivity contribution is 7.99. The number of para-hydroxylation sites is 1. The number of pyridine rings is 3. The molecule has 5 aromatic carbocycles. The van der Waals surface area contributed by atoms with Crippen molar-refractivity contribution in [2.45, 2.75) is 25.9 Å². The minimum absolute atomic E-state index is 0.253. The van der Waals surface area contributed by atoms with Gasteiger partial charge in [0.2, 0.25) is 0 Å². The van der Waals surface area contributed by atoms with Crippen LogP contribution in [0.25, 0.3) is 21.7 Å². The summed E-state index contributed by atoms with van der Waals surface area (Å²) in [4.78, 5) is 17.5. The first kappa shape index (κ1) is 32.1. The van der Waals surface area contributed by atoms with E-state index >= 15 is 0 Å². The van der Waals surface area contributed by atoms with E-state index in [1.165, 1.54) is 16.5 Å². The quantitative estimate of drug-likeness (QED) is 0.191. The molecule has 10 rings (SSSR count). The van der Waals surface area contributed by atoms with Crippen LogP contribution in [0.1, 0.15) is 17.2 Å². The van der Waals surface area contributed by atoms with E-state index in [4.69, 9.17) is 15.2 Å². The summed E-state index contributed by atoms with van der Waals surface area (Å²) >= 11 is 3.26. The molecular weight excluding hydrogens is 683 g/mol. The van der Waals surface area contributed by atoms with E-state index in [0.717, 1.165) is 70.6 Å². The standard InChI is InChI=1S/C22H16N2OS.C21H15N3OS/c1-24(18-9-4-7-15-6-2-3-8-17(15)18)16-11-12-21-20(14-16)25-19-10-5-13-23-22(19)26-21;22-20(15-9-11-23-16-5-2-1-4-14(15)16)13-7-8-19-18(12-13)25-17-6-3-10-24-21(17)26-19/h2-14H,1H3;1-12,20H,22H2. The van der Waals surface area contributed by atoms with Crippen LogP contribution in [0.5, 0.6) is 23.0 Å². The van der Waals surface area contributed by atoms with Gasteiger partial charge in [-0.15, -0.1) is 0 Å². The smallest absolute Gasteiger partial charge is 0.160 e. The second-order valence-corrected chi connectivity index (χ2v) is 14.4. The number of anilines is 2. The topological polar surface area (TPSA) is 86.4 Å². The van der Waals surface area contributed by atoms with Crippen molar-refractivity contribution in [3.63, 3.8) is 0 Å². The van der Waals surface area contributed by atoms with Gasteiger partial charge in [-0.2, -0.15) is 0 Å². The molecule has 2 aliphatic rings. The molecule has 2 N–H and O–H groups in total. The van der Waals surface area contributed by atoms with Gasteiger partial charge >= 0.3 is 0 Å². The van der Waals surface area contributed by atoms with E-state index in [9.17, 15) is 0 Å². The number of aromatic nitrogens is 3. The van der Waals surface area contributed by atoms with Crippen molar-refractivity contribution < 1.29 is 9.47 Å². The summed E-state index contributed by atoms with van der Waals surface area (Å²) in [5.41, 5.74) is 11.9. The molecule has 0 spiro atoms. The first-order valence-electron chi connectivity index (χ1n) is 16.8. The Morgan fingerprint density at radius 2 is 1.23 bits per heavy atom. The largest absolute Gasteiger partial charge is 0.453 e. The Hall–Kier alpha value is -5.87. The summed E-state index contributed by atoms with van der Waals surface area (Å²) < 4.78 is 12.1. The molecule has 5 heterocycles. The van der Waals surface area contributed by atoms with E-state index in [0.29, 0.717) is 0 Å². The summed E-state index contributed by atoms with van der Waals surface area (Å²) in [6.45, 7) is 0. The Kier molecular flexibility index (Phi) is 8.44. The lowest BCUT2D eigenvalue weighted by molar-refractivity contribution is 0.448. The van der Waals surface area contributed by atoms with Crippen molar-refractivity contribution in [3.8, 4) is 23.0 Å². The molecule has 1 atom stereocenters. The van der Waals surface area contributed by atoms with Gasteiger partial charge in [-0.05, 0) is 83.2 Å². The highest BCUT2D eigenvalue weighted by atomic mass is 32.2. The van der Waals surface area contributed by atoms with Gasteiger partial charge in [-0.3, -0.25) is 4.98 Å². The molecular formula is C43H31N5O2S2. The third-order valence-corrected chi connectivity index (χ3v) is 11.2. The lowest BCUT2D eigenvalue weighted by Gasteiger charge is -2.24. The van der Waals surface area contributed by atoms with E-state index < -0.39 is 0 Å². The minimum atomic E-state index is -0.253. The summed E-state index contributed by atoms with van der Waals surface area (Å²) in [5.74, 6) is 3.29. The average molecular weight is 714 g/mol. The van der Waals surface area contributed by atoms with Crippen molar-refractivity contribution in [1.82, 2.24) is 15.0 Å². The molecule has 252 valence electrons. The molecule has 8 aromatic rings. The highest BCUT2D eigenvalue weighted by Gasteiger charge is 2.22. The number of fused-ring (bicyclic) bond motifs is 6. The van der Waals surface area contributed by atoms with Crippen LogP contribution in [0, 0.1) is 0 Å². The molecule has 0 fully saturated rings. The minimum Gasteiger partial charge on any atom is -0.453 e. The van der Waals surface area contributed by atoms with Gasteiger partial charge < -0.3 is 20.1 Å². The van der Waals surface area contributed by atoms with Gasteiger partial charge in [-0.25, -0.2) is 9.97 Å². The van der Waals surface area contributed by atoms with E-state index in [1.54, 1.807) is 35.9 Å². The Morgan fingerprint density at radius 1 is 0.577 bits per heavy atom. The van der Waals surface area contributed by atoms with Crippen LogP contribution in [-0.2, 0) is 0 Å². The molecule has 0 aliphatic carbocycles. The van der Waals surface area contributed by atoms with E-state index in [-0.39, 0.29) is 6.04 Å². The maximum absolute atomic E-state index is 6.61. The second kappa shape index (κ2) is 13.7. The Labute approximate surface area is 309 Å². The van der Waals surface area contributed by atoms with Crippen molar-refractivity contribution in [2.24, 2.45) is 5.73 Å². The number of hydrogen-bond donors (Lipinski definition) is 1. The monoisotopic (exact) mass is 713 g/mol. The zero-order chi connectivity index (χ0) is 35.0. The van der Waals surface area contributed by atoms with Crippen LogP contribution in [-0.4, -0.2) is 22.0 Å². The highest BCUT2D eigenvalue weighted by Crippen LogP contribution is 2.48. The molecule has 0 bridgehead atoms. The van der Waals surface area contributed by atoms with Crippen LogP contribution in [0.2, 0.25) is 0 Å². The van der Waals surface area contributed by atoms with Gasteiger partial charge in [0.15, 0.2) is 11.5 Å². The molecule has 9 heteroatoms. The summed E-state index contributed by atoms with van der Waals surface area (Å²) in [5, 5.41) is 5.35. The predicted octanol–water partition coefficient (Wildman–Crippen LogP) is 11.2. The van der Waals surface area contributed by atoms with Crippen LogP contribution in [0.4, 0.5) is 11.4 Å². The molecule has 2 aliphatic heterocycles. The second-order valence-electron chi connectivity index (χ2n) is 12.3. The number of benzene rings is 5. The number of nitrogens with two attached hydrogens (primary N) is 1. The number of hydrogen-bond acceptors (Lipinski definition) is 9. The lowest BCUT2D eigenvalue weighted by Crippen LogP contribution is -2.13. The van der Waals surface area contributed by atoms with Gasteiger partial charge in [0, 0.05) is 53.9 Å². The SMILES string of the molecule is CN(c1ccc2c(c1)Oc1cccnc1S2)c1cccc2ccccc12.NC(c1ccc2c(c1)Oc1cccnc1S2)c1ccnc2ccccc12. The Morgan fingerprint density at radius 3 is 2.00 bits per heavy atom. The molecule has 3 aromatic heterocycles. The van der Waals surface area contributed by atoms with Crippen molar-refractivity contribution in [3.05, 3.63) is 163 Å². The third-order valence-electron chi connectivity index (χ3n) is 9.11. The van der Waals surface area contributed by atoms with Crippen molar-refractivity contribution >= 4 is 56.6 Å². The fourth-order valence-corrected chi connectivity index (χ4v) is 8.21. The maximum atomic E-state index is 6.61. The molecule has 7 nitrogen and oxygen atoms in total. The van der Waals surface area contributed by atoms with Gasteiger partial charge in [0.25, 0.3) is 0 Å². The summed E-state index contributed by atoms with van der Waals surface area (Å²) in [6.07, 6.45) is 5.38. The first-order valence-corrected chi connectivity index (χ1v) is 18.4. The van der Waals surface area contributed by atoms with E-state index in [1.807, 2.05) is 60.8 Å². The summed E-state index contributed by atoms with van der Waals surface area (Å²) in [7, 11) is 2.09. The number of ether oxygens (including phenoxy) is 2. The zero-order valence-electron chi connectivity index (χ0n) is 28.0. The molecule has 0 saturated carbocycles. The van der Waals surface area contributed by atoms with Gasteiger partial charge in [0.1, 0.15) is 21.6 Å². The van der Waals surface area contributed by atoms with Gasteiger partial charge in [-0.1, -0.05) is 84.2 Å². The maximum Gasteiger partial charge on any atom is 0.160 e. The summed E-state index contributed by atoms with van der Waals surface area (Å²) in [6, 6.07) is 44.8. The predicted molar refractivity (Wildman–Crippen MR) is 210 cm³/mol. The van der Waals surface area contributed by atoms with Gasteiger partial charge in [0.05, 0.1) is 21.3 Å². The Balaban J connectivity index is 0.000000138. The van der Waals surface area contributed by atoms with Crippen molar-refractivity contribution in [2.75, 3.05) is 11.9 Å². The fourth-order valence-electron chi connectivity index (χ4n) is 6.47. The fraction of sp³-hybridized carbons (Fsp3) is 0.0465. The van der Waals surface area contributed by atoms with Crippen LogP contribution >= 0.6 is 23.5 Å². The molecule has 0 saturated heterocycles. The van der Waals surface area contributed by atoms with Crippen molar-refractivity contribution in [1.29, 1.82) is 0 Å². The third kappa shape index (κ3) is 6.09. The number of rotatable bonds is 4. The normalized spacial score (nSPS) is 12.9. The molecule has 0 amide bonds. The number of nitrogens with zero attached hydrogens (tertiary/aromatic N) is 4. The van der Waals surface area contributed by atoms with Crippen LogP contribution < -0.4 is 20.1 Å². The van der Waals surface area contributed by atoms with Crippen LogP contribution in [0.3, 0.4) is 0 Å². The molecule has 0 radical (unpaired) electrons. The van der Waals surface area contributed by atoms with E-state index in [2.05, 4.69) is 106 Å². The lowest BCUT2D eigenvalue weighted by atomic mass is 9.96. The molecule has 1 unspecified atom stereocenters. The average Bonchev–Trinajstić information content (AvgIpc) is 3.21. The van der Waals surface area contributed by atoms with Crippen LogP contribution in [0.15, 0.2) is 172 Å². The first-order chi connectivity index (χ1) is 25.6. The molecule has 52 heavy (non-hydrogen) atoms.